The van der Waals surface area contributed by atoms with Gasteiger partial charge in [-0.25, -0.2) is 4.79 Å². The van der Waals surface area contributed by atoms with E-state index in [0.29, 0.717) is 11.4 Å². The van der Waals surface area contributed by atoms with Crippen molar-refractivity contribution in [2.75, 3.05) is 23.3 Å². The van der Waals surface area contributed by atoms with Gasteiger partial charge in [-0.1, -0.05) is 23.7 Å². The van der Waals surface area contributed by atoms with Crippen molar-refractivity contribution in [3.63, 3.8) is 0 Å². The SMILES string of the molecule is O=C(Cc1cccc(Cl)c1)Nc1ccc(N2CCCC2)cc1.O=C(O)C(F)(F)F. The van der Waals surface area contributed by atoms with Gasteiger partial charge in [-0.2, -0.15) is 13.2 Å². The Kier molecular flexibility index (Phi) is 7.90. The number of nitrogens with one attached hydrogen (secondary N) is 1. The van der Waals surface area contributed by atoms with Crippen LogP contribution in [-0.4, -0.2) is 36.2 Å². The second-order valence-electron chi connectivity index (χ2n) is 6.40. The first-order chi connectivity index (χ1) is 13.6. The first-order valence-corrected chi connectivity index (χ1v) is 9.22. The van der Waals surface area contributed by atoms with Crippen LogP contribution in [0.1, 0.15) is 18.4 Å². The van der Waals surface area contributed by atoms with E-state index in [9.17, 15) is 18.0 Å². The molecule has 1 fully saturated rings. The van der Waals surface area contributed by atoms with Crippen LogP contribution >= 0.6 is 11.6 Å². The van der Waals surface area contributed by atoms with E-state index in [1.807, 2.05) is 30.3 Å². The summed E-state index contributed by atoms with van der Waals surface area (Å²) < 4.78 is 31.7. The Balaban J connectivity index is 0.000000370. The van der Waals surface area contributed by atoms with Crippen molar-refractivity contribution >= 4 is 34.9 Å². The van der Waals surface area contributed by atoms with E-state index in [2.05, 4.69) is 22.3 Å². The van der Waals surface area contributed by atoms with E-state index in [-0.39, 0.29) is 5.91 Å². The van der Waals surface area contributed by atoms with Crippen LogP contribution in [0.25, 0.3) is 0 Å². The highest BCUT2D eigenvalue weighted by Crippen LogP contribution is 2.22. The minimum atomic E-state index is -5.08. The smallest absolute Gasteiger partial charge is 0.475 e. The van der Waals surface area contributed by atoms with Crippen LogP contribution in [0.15, 0.2) is 48.5 Å². The van der Waals surface area contributed by atoms with Gasteiger partial charge >= 0.3 is 12.1 Å². The van der Waals surface area contributed by atoms with Gasteiger partial charge in [-0.15, -0.1) is 0 Å². The second kappa shape index (κ2) is 10.2. The summed E-state index contributed by atoms with van der Waals surface area (Å²) in [7, 11) is 0. The predicted octanol–water partition coefficient (Wildman–Crippen LogP) is 4.75. The number of amides is 1. The number of rotatable bonds is 4. The molecular formula is C20H20ClF3N2O3. The molecule has 0 saturated carbocycles. The van der Waals surface area contributed by atoms with Gasteiger partial charge in [0.1, 0.15) is 0 Å². The summed E-state index contributed by atoms with van der Waals surface area (Å²) in [6.07, 6.45) is -2.23. The number of carbonyl (C=O) groups excluding carboxylic acids is 1. The maximum Gasteiger partial charge on any atom is 0.490 e. The molecule has 1 aliphatic rings. The molecule has 0 radical (unpaired) electrons. The van der Waals surface area contributed by atoms with Gasteiger partial charge in [0.2, 0.25) is 5.91 Å². The Hall–Kier alpha value is -2.74. The first-order valence-electron chi connectivity index (χ1n) is 8.84. The standard InChI is InChI=1S/C18H19ClN2O.C2HF3O2/c19-15-5-3-4-14(12-15)13-18(22)20-16-6-8-17(9-7-16)21-10-1-2-11-21;3-2(4,5)1(6)7/h3-9,12H,1-2,10-11,13H2,(H,20,22);(H,6,7). The summed E-state index contributed by atoms with van der Waals surface area (Å²) >= 11 is 5.93. The van der Waals surface area contributed by atoms with Crippen LogP contribution in [0.2, 0.25) is 5.02 Å². The van der Waals surface area contributed by atoms with Gasteiger partial charge in [0.15, 0.2) is 0 Å². The van der Waals surface area contributed by atoms with Gasteiger partial charge in [0.25, 0.3) is 0 Å². The molecule has 1 amide bonds. The zero-order chi connectivity index (χ0) is 21.4. The molecular weight excluding hydrogens is 409 g/mol. The molecule has 1 saturated heterocycles. The molecule has 0 bridgehead atoms. The van der Waals surface area contributed by atoms with Crippen LogP contribution in [0.5, 0.6) is 0 Å². The predicted molar refractivity (Wildman–Crippen MR) is 105 cm³/mol. The molecule has 29 heavy (non-hydrogen) atoms. The van der Waals surface area contributed by atoms with Crippen molar-refractivity contribution in [3.05, 3.63) is 59.1 Å². The molecule has 1 aliphatic heterocycles. The minimum Gasteiger partial charge on any atom is -0.475 e. The number of hydrogen-bond acceptors (Lipinski definition) is 3. The summed E-state index contributed by atoms with van der Waals surface area (Å²) in [5, 5.41) is 10.7. The van der Waals surface area contributed by atoms with E-state index in [4.69, 9.17) is 21.5 Å². The van der Waals surface area contributed by atoms with Crippen molar-refractivity contribution < 1.29 is 27.9 Å². The zero-order valence-corrected chi connectivity index (χ0v) is 16.1. The Morgan fingerprint density at radius 2 is 1.66 bits per heavy atom. The number of carbonyl (C=O) groups is 2. The molecule has 156 valence electrons. The van der Waals surface area contributed by atoms with E-state index in [1.54, 1.807) is 6.07 Å². The third-order valence-corrected chi connectivity index (χ3v) is 4.35. The molecule has 0 atom stereocenters. The number of alkyl halides is 3. The van der Waals surface area contributed by atoms with Crippen molar-refractivity contribution in [1.82, 2.24) is 0 Å². The summed E-state index contributed by atoms with van der Waals surface area (Å²) in [4.78, 5) is 23.3. The maximum absolute atomic E-state index is 12.1. The Labute approximate surface area is 171 Å². The Morgan fingerprint density at radius 3 is 2.17 bits per heavy atom. The number of aliphatic carboxylic acids is 1. The molecule has 2 aromatic carbocycles. The number of anilines is 2. The lowest BCUT2D eigenvalue weighted by Gasteiger charge is -2.17. The molecule has 9 heteroatoms. The Morgan fingerprint density at radius 1 is 1.07 bits per heavy atom. The number of nitrogens with zero attached hydrogens (tertiary/aromatic N) is 1. The third-order valence-electron chi connectivity index (χ3n) is 4.12. The number of halogens is 4. The largest absolute Gasteiger partial charge is 0.490 e. The number of benzene rings is 2. The van der Waals surface area contributed by atoms with Gasteiger partial charge in [0.05, 0.1) is 6.42 Å². The molecule has 5 nitrogen and oxygen atoms in total. The van der Waals surface area contributed by atoms with Crippen LogP contribution in [0.3, 0.4) is 0 Å². The van der Waals surface area contributed by atoms with Gasteiger partial charge in [-0.05, 0) is 54.8 Å². The lowest BCUT2D eigenvalue weighted by molar-refractivity contribution is -0.192. The fourth-order valence-electron chi connectivity index (χ4n) is 2.77. The molecule has 3 rings (SSSR count). The molecule has 0 aliphatic carbocycles. The summed E-state index contributed by atoms with van der Waals surface area (Å²) in [6.45, 7) is 2.25. The fraction of sp³-hybridized carbons (Fsp3) is 0.300. The summed E-state index contributed by atoms with van der Waals surface area (Å²) in [5.41, 5.74) is 2.97. The normalized spacial score (nSPS) is 13.4. The molecule has 0 unspecified atom stereocenters. The minimum absolute atomic E-state index is 0.0313. The van der Waals surface area contributed by atoms with Crippen LogP contribution in [0, 0.1) is 0 Å². The van der Waals surface area contributed by atoms with Crippen molar-refractivity contribution in [3.8, 4) is 0 Å². The monoisotopic (exact) mass is 428 g/mol. The van der Waals surface area contributed by atoms with E-state index >= 15 is 0 Å². The molecule has 1 heterocycles. The van der Waals surface area contributed by atoms with Crippen molar-refractivity contribution in [2.24, 2.45) is 0 Å². The van der Waals surface area contributed by atoms with Crippen molar-refractivity contribution in [2.45, 2.75) is 25.4 Å². The zero-order valence-electron chi connectivity index (χ0n) is 15.4. The highest BCUT2D eigenvalue weighted by Gasteiger charge is 2.38. The lowest BCUT2D eigenvalue weighted by Crippen LogP contribution is -2.21. The molecule has 0 aromatic heterocycles. The Bertz CT molecular complexity index is 836. The van der Waals surface area contributed by atoms with Gasteiger partial charge in [0, 0.05) is 29.5 Å². The highest BCUT2D eigenvalue weighted by molar-refractivity contribution is 6.30. The summed E-state index contributed by atoms with van der Waals surface area (Å²) in [6, 6.07) is 15.4. The quantitative estimate of drug-likeness (QED) is 0.737. The summed E-state index contributed by atoms with van der Waals surface area (Å²) in [5.74, 6) is -2.79. The van der Waals surface area contributed by atoms with Crippen LogP contribution in [0.4, 0.5) is 24.5 Å². The fourth-order valence-corrected chi connectivity index (χ4v) is 2.98. The van der Waals surface area contributed by atoms with E-state index in [0.717, 1.165) is 24.3 Å². The molecule has 0 spiro atoms. The van der Waals surface area contributed by atoms with Gasteiger partial charge < -0.3 is 15.3 Å². The average molecular weight is 429 g/mol. The average Bonchev–Trinajstić information content (AvgIpc) is 3.16. The third kappa shape index (κ3) is 7.65. The number of hydrogen-bond donors (Lipinski definition) is 2. The number of carboxylic acid groups (broad SMARTS) is 1. The number of carboxylic acids is 1. The first kappa shape index (κ1) is 22.5. The topological polar surface area (TPSA) is 69.6 Å². The van der Waals surface area contributed by atoms with Crippen LogP contribution in [-0.2, 0) is 16.0 Å². The van der Waals surface area contributed by atoms with Crippen LogP contribution < -0.4 is 10.2 Å². The van der Waals surface area contributed by atoms with Gasteiger partial charge in [-0.3, -0.25) is 4.79 Å². The lowest BCUT2D eigenvalue weighted by atomic mass is 10.1. The maximum atomic E-state index is 12.1. The molecule has 2 aromatic rings. The van der Waals surface area contributed by atoms with Crippen molar-refractivity contribution in [1.29, 1.82) is 0 Å². The van der Waals surface area contributed by atoms with E-state index in [1.165, 1.54) is 18.5 Å². The second-order valence-corrected chi connectivity index (χ2v) is 6.84. The molecule has 2 N–H and O–H groups in total. The van der Waals surface area contributed by atoms with E-state index < -0.39 is 12.1 Å². The highest BCUT2D eigenvalue weighted by atomic mass is 35.5.